The summed E-state index contributed by atoms with van der Waals surface area (Å²) in [4.78, 5) is 23.2. The fourth-order valence-corrected chi connectivity index (χ4v) is 6.82. The lowest BCUT2D eigenvalue weighted by Gasteiger charge is -2.35. The molecule has 36 heavy (non-hydrogen) atoms. The van der Waals surface area contributed by atoms with Crippen molar-refractivity contribution in [2.45, 2.75) is 45.8 Å². The third-order valence-electron chi connectivity index (χ3n) is 5.72. The SMILES string of the molecule is Cc1c(-c2cccc(N(C3CCNCC3)S(=O)(=O)CCOC(C)C)c2)sc(C(=O)O)c1OCC(=O)O. The molecule has 3 N–H and O–H groups in total. The molecule has 2 heterocycles. The summed E-state index contributed by atoms with van der Waals surface area (Å²) in [7, 11) is -3.71. The van der Waals surface area contributed by atoms with Crippen LogP contribution in [0.5, 0.6) is 5.75 Å². The Balaban J connectivity index is 2.02. The molecule has 0 unspecified atom stereocenters. The van der Waals surface area contributed by atoms with Crippen LogP contribution in [0, 0.1) is 6.92 Å². The highest BCUT2D eigenvalue weighted by Gasteiger charge is 2.32. The van der Waals surface area contributed by atoms with E-state index in [1.165, 1.54) is 4.31 Å². The molecule has 10 nitrogen and oxygen atoms in total. The molecule has 0 bridgehead atoms. The van der Waals surface area contributed by atoms with E-state index in [-0.39, 0.29) is 35.1 Å². The normalized spacial score (nSPS) is 14.7. The number of hydrogen-bond acceptors (Lipinski definition) is 8. The fraction of sp³-hybridized carbons (Fsp3) is 0.500. The molecule has 0 saturated carbocycles. The highest BCUT2D eigenvalue weighted by Crippen LogP contribution is 2.42. The number of thiophene rings is 1. The van der Waals surface area contributed by atoms with Gasteiger partial charge < -0.3 is 25.0 Å². The molecule has 1 saturated heterocycles. The van der Waals surface area contributed by atoms with E-state index < -0.39 is 28.6 Å². The Hall–Kier alpha value is -2.67. The van der Waals surface area contributed by atoms with Gasteiger partial charge in [-0.1, -0.05) is 12.1 Å². The minimum Gasteiger partial charge on any atom is -0.480 e. The number of piperidine rings is 1. The van der Waals surface area contributed by atoms with E-state index in [4.69, 9.17) is 14.6 Å². The Morgan fingerprint density at radius 1 is 1.22 bits per heavy atom. The van der Waals surface area contributed by atoms with Gasteiger partial charge in [-0.15, -0.1) is 11.3 Å². The maximum absolute atomic E-state index is 13.5. The van der Waals surface area contributed by atoms with Crippen molar-refractivity contribution in [3.63, 3.8) is 0 Å². The molecule has 1 aromatic carbocycles. The first-order chi connectivity index (χ1) is 17.0. The van der Waals surface area contributed by atoms with E-state index >= 15 is 0 Å². The third kappa shape index (κ3) is 6.75. The minimum atomic E-state index is -3.71. The maximum atomic E-state index is 13.5. The number of hydrogen-bond donors (Lipinski definition) is 3. The molecule has 1 aliphatic heterocycles. The van der Waals surface area contributed by atoms with E-state index in [1.807, 2.05) is 13.8 Å². The summed E-state index contributed by atoms with van der Waals surface area (Å²) in [6.45, 7) is 6.18. The Morgan fingerprint density at radius 3 is 2.53 bits per heavy atom. The van der Waals surface area contributed by atoms with Gasteiger partial charge in [-0.05, 0) is 64.4 Å². The molecule has 1 aromatic heterocycles. The van der Waals surface area contributed by atoms with Gasteiger partial charge in [0.25, 0.3) is 0 Å². The highest BCUT2D eigenvalue weighted by molar-refractivity contribution is 7.92. The van der Waals surface area contributed by atoms with Crippen LogP contribution in [-0.4, -0.2) is 74.8 Å². The van der Waals surface area contributed by atoms with Crippen LogP contribution < -0.4 is 14.4 Å². The van der Waals surface area contributed by atoms with E-state index in [1.54, 1.807) is 31.2 Å². The van der Waals surface area contributed by atoms with Gasteiger partial charge >= 0.3 is 11.9 Å². The minimum absolute atomic E-state index is 0.00368. The Bertz CT molecular complexity index is 1190. The number of benzene rings is 1. The van der Waals surface area contributed by atoms with Crippen molar-refractivity contribution in [3.8, 4) is 16.2 Å². The number of anilines is 1. The van der Waals surface area contributed by atoms with Gasteiger partial charge in [0.1, 0.15) is 5.75 Å². The molecule has 0 aliphatic carbocycles. The number of aromatic carboxylic acids is 1. The van der Waals surface area contributed by atoms with Crippen molar-refractivity contribution in [3.05, 3.63) is 34.7 Å². The van der Waals surface area contributed by atoms with Gasteiger partial charge in [-0.3, -0.25) is 4.31 Å². The maximum Gasteiger partial charge on any atom is 0.349 e. The smallest absolute Gasteiger partial charge is 0.349 e. The van der Waals surface area contributed by atoms with E-state index in [2.05, 4.69) is 5.32 Å². The summed E-state index contributed by atoms with van der Waals surface area (Å²) in [5, 5.41) is 21.9. The number of carboxylic acid groups (broad SMARTS) is 2. The molecule has 0 radical (unpaired) electrons. The lowest BCUT2D eigenvalue weighted by Crippen LogP contribution is -2.47. The lowest BCUT2D eigenvalue weighted by molar-refractivity contribution is -0.139. The average molecular weight is 541 g/mol. The number of nitrogens with one attached hydrogen (secondary N) is 1. The second kappa shape index (κ2) is 12.0. The van der Waals surface area contributed by atoms with Crippen molar-refractivity contribution in [2.24, 2.45) is 0 Å². The summed E-state index contributed by atoms with van der Waals surface area (Å²) < 4.78 is 39.3. The van der Waals surface area contributed by atoms with Gasteiger partial charge in [0.2, 0.25) is 10.0 Å². The van der Waals surface area contributed by atoms with E-state index in [0.29, 0.717) is 47.6 Å². The Morgan fingerprint density at radius 2 is 1.92 bits per heavy atom. The molecule has 12 heteroatoms. The third-order valence-corrected chi connectivity index (χ3v) is 8.82. The standard InChI is InChI=1S/C24H32N2O8S2/c1-15(2)33-11-12-36(31,32)26(18-7-9-25-10-8-18)19-6-4-5-17(13-19)22-16(3)21(34-14-20(27)28)23(35-22)24(29)30/h4-6,13,15,18,25H,7-12,14H2,1-3H3,(H,27,28)(H,29,30). The van der Waals surface area contributed by atoms with Crippen LogP contribution in [0.15, 0.2) is 24.3 Å². The van der Waals surface area contributed by atoms with Crippen LogP contribution in [0.3, 0.4) is 0 Å². The van der Waals surface area contributed by atoms with Crippen LogP contribution in [-0.2, 0) is 19.6 Å². The number of carboxylic acids is 2. The van der Waals surface area contributed by atoms with Crippen molar-refractivity contribution in [1.82, 2.24) is 5.32 Å². The summed E-state index contributed by atoms with van der Waals surface area (Å²) in [6, 6.07) is 6.74. The van der Waals surface area contributed by atoms with Gasteiger partial charge in [0.15, 0.2) is 11.5 Å². The predicted octanol–water partition coefficient (Wildman–Crippen LogP) is 3.20. The van der Waals surface area contributed by atoms with E-state index in [0.717, 1.165) is 11.3 Å². The van der Waals surface area contributed by atoms with Crippen LogP contribution in [0.2, 0.25) is 0 Å². The molecule has 198 valence electrons. The zero-order chi connectivity index (χ0) is 26.5. The largest absolute Gasteiger partial charge is 0.480 e. The summed E-state index contributed by atoms with van der Waals surface area (Å²) in [5.74, 6) is -2.60. The average Bonchev–Trinajstić information content (AvgIpc) is 3.14. The molecule has 2 aromatic rings. The zero-order valence-corrected chi connectivity index (χ0v) is 22.2. The van der Waals surface area contributed by atoms with Crippen LogP contribution >= 0.6 is 11.3 Å². The molecular formula is C24H32N2O8S2. The molecule has 0 amide bonds. The van der Waals surface area contributed by atoms with Crippen molar-refractivity contribution in [1.29, 1.82) is 0 Å². The molecule has 3 rings (SSSR count). The molecule has 0 spiro atoms. The number of rotatable bonds is 12. The monoisotopic (exact) mass is 540 g/mol. The van der Waals surface area contributed by atoms with Crippen LogP contribution in [0.1, 0.15) is 41.9 Å². The number of carbonyl (C=O) groups is 2. The van der Waals surface area contributed by atoms with Gasteiger partial charge in [-0.2, -0.15) is 0 Å². The van der Waals surface area contributed by atoms with Crippen molar-refractivity contribution >= 4 is 39.0 Å². The summed E-state index contributed by atoms with van der Waals surface area (Å²) in [5.41, 5.74) is 1.59. The molecule has 0 atom stereocenters. The van der Waals surface area contributed by atoms with Crippen LogP contribution in [0.25, 0.3) is 10.4 Å². The number of sulfonamides is 1. The highest BCUT2D eigenvalue weighted by atomic mass is 32.2. The first kappa shape index (κ1) is 27.9. The van der Waals surface area contributed by atoms with Crippen molar-refractivity contribution < 1.29 is 37.7 Å². The first-order valence-electron chi connectivity index (χ1n) is 11.7. The fourth-order valence-electron chi connectivity index (χ4n) is 4.13. The second-order valence-corrected chi connectivity index (χ2v) is 11.8. The molecule has 1 aliphatic rings. The van der Waals surface area contributed by atoms with Gasteiger partial charge in [0.05, 0.1) is 24.2 Å². The van der Waals surface area contributed by atoms with Gasteiger partial charge in [-0.25, -0.2) is 18.0 Å². The molecular weight excluding hydrogens is 508 g/mol. The lowest BCUT2D eigenvalue weighted by atomic mass is 10.0. The Kier molecular flexibility index (Phi) is 9.34. The first-order valence-corrected chi connectivity index (χ1v) is 14.1. The number of nitrogens with zero attached hydrogens (tertiary/aromatic N) is 1. The van der Waals surface area contributed by atoms with Gasteiger partial charge in [0, 0.05) is 16.5 Å². The van der Waals surface area contributed by atoms with Crippen molar-refractivity contribution in [2.75, 3.05) is 36.4 Å². The summed E-state index contributed by atoms with van der Waals surface area (Å²) >= 11 is 0.964. The zero-order valence-electron chi connectivity index (χ0n) is 20.5. The van der Waals surface area contributed by atoms with Crippen LogP contribution in [0.4, 0.5) is 5.69 Å². The number of ether oxygens (including phenoxy) is 2. The number of aliphatic carboxylic acids is 1. The predicted molar refractivity (Wildman–Crippen MR) is 138 cm³/mol. The summed E-state index contributed by atoms with van der Waals surface area (Å²) in [6.07, 6.45) is 1.23. The Labute approximate surface area is 214 Å². The second-order valence-electron chi connectivity index (χ2n) is 8.76. The topological polar surface area (TPSA) is 142 Å². The van der Waals surface area contributed by atoms with E-state index in [9.17, 15) is 23.1 Å². The molecule has 1 fully saturated rings. The quantitative estimate of drug-likeness (QED) is 0.370.